The SMILES string of the molecule is O=C(O)C(CNC(=O)C1CCCCO1)Oc1ccc(F)cc1. The zero-order chi connectivity index (χ0) is 15.9. The zero-order valence-corrected chi connectivity index (χ0v) is 12.0. The number of rotatable bonds is 6. The van der Waals surface area contributed by atoms with Crippen LogP contribution in [-0.4, -0.2) is 42.3 Å². The second-order valence-electron chi connectivity index (χ2n) is 5.00. The van der Waals surface area contributed by atoms with Crippen LogP contribution in [0.25, 0.3) is 0 Å². The summed E-state index contributed by atoms with van der Waals surface area (Å²) in [6.45, 7) is 0.345. The molecule has 1 heterocycles. The van der Waals surface area contributed by atoms with Gasteiger partial charge in [-0.25, -0.2) is 9.18 Å². The smallest absolute Gasteiger partial charge is 0.346 e. The predicted molar refractivity (Wildman–Crippen MR) is 75.1 cm³/mol. The molecule has 120 valence electrons. The van der Waals surface area contributed by atoms with Gasteiger partial charge in [-0.3, -0.25) is 4.79 Å². The summed E-state index contributed by atoms with van der Waals surface area (Å²) in [5.41, 5.74) is 0. The van der Waals surface area contributed by atoms with Crippen molar-refractivity contribution in [3.05, 3.63) is 30.1 Å². The van der Waals surface area contributed by atoms with Gasteiger partial charge < -0.3 is 19.9 Å². The molecule has 2 N–H and O–H groups in total. The fourth-order valence-electron chi connectivity index (χ4n) is 2.11. The van der Waals surface area contributed by atoms with E-state index in [-0.39, 0.29) is 18.2 Å². The molecule has 22 heavy (non-hydrogen) atoms. The highest BCUT2D eigenvalue weighted by Gasteiger charge is 2.25. The number of amides is 1. The van der Waals surface area contributed by atoms with Gasteiger partial charge in [0.2, 0.25) is 12.0 Å². The lowest BCUT2D eigenvalue weighted by Crippen LogP contribution is -2.45. The van der Waals surface area contributed by atoms with Crippen molar-refractivity contribution >= 4 is 11.9 Å². The molecular formula is C15H18FNO5. The number of carbonyl (C=O) groups is 2. The highest BCUT2D eigenvalue weighted by Crippen LogP contribution is 2.14. The topological polar surface area (TPSA) is 84.9 Å². The van der Waals surface area contributed by atoms with Gasteiger partial charge in [0.25, 0.3) is 0 Å². The van der Waals surface area contributed by atoms with E-state index in [1.54, 1.807) is 0 Å². The van der Waals surface area contributed by atoms with E-state index in [0.29, 0.717) is 13.0 Å². The number of aliphatic carboxylic acids is 1. The van der Waals surface area contributed by atoms with Crippen LogP contribution in [-0.2, 0) is 14.3 Å². The number of hydrogen-bond acceptors (Lipinski definition) is 4. The average molecular weight is 311 g/mol. The number of carbonyl (C=O) groups excluding carboxylic acids is 1. The Morgan fingerprint density at radius 1 is 1.36 bits per heavy atom. The van der Waals surface area contributed by atoms with Gasteiger partial charge in [-0.2, -0.15) is 0 Å². The lowest BCUT2D eigenvalue weighted by Gasteiger charge is -2.22. The molecule has 2 unspecified atom stereocenters. The number of ether oxygens (including phenoxy) is 2. The van der Waals surface area contributed by atoms with Crippen LogP contribution < -0.4 is 10.1 Å². The van der Waals surface area contributed by atoms with Gasteiger partial charge in [0.1, 0.15) is 17.7 Å². The van der Waals surface area contributed by atoms with E-state index >= 15 is 0 Å². The summed E-state index contributed by atoms with van der Waals surface area (Å²) in [4.78, 5) is 23.1. The summed E-state index contributed by atoms with van der Waals surface area (Å²) in [5.74, 6) is -1.78. The largest absolute Gasteiger partial charge is 0.478 e. The Kier molecular flexibility index (Phi) is 5.71. The minimum Gasteiger partial charge on any atom is -0.478 e. The zero-order valence-electron chi connectivity index (χ0n) is 12.0. The molecule has 0 aliphatic carbocycles. The third-order valence-corrected chi connectivity index (χ3v) is 3.30. The van der Waals surface area contributed by atoms with Crippen LogP contribution >= 0.6 is 0 Å². The van der Waals surface area contributed by atoms with Gasteiger partial charge >= 0.3 is 5.97 Å². The van der Waals surface area contributed by atoms with Crippen molar-refractivity contribution in [3.8, 4) is 5.75 Å². The Hall–Kier alpha value is -2.15. The van der Waals surface area contributed by atoms with Crippen LogP contribution in [0.3, 0.4) is 0 Å². The number of carboxylic acids is 1. The Morgan fingerprint density at radius 2 is 2.09 bits per heavy atom. The Balaban J connectivity index is 1.87. The van der Waals surface area contributed by atoms with E-state index < -0.39 is 24.0 Å². The van der Waals surface area contributed by atoms with E-state index in [1.807, 2.05) is 0 Å². The van der Waals surface area contributed by atoms with Crippen LogP contribution in [0.15, 0.2) is 24.3 Å². The van der Waals surface area contributed by atoms with E-state index in [1.165, 1.54) is 24.3 Å². The van der Waals surface area contributed by atoms with Crippen LogP contribution in [0, 0.1) is 5.82 Å². The molecule has 0 radical (unpaired) electrons. The maximum atomic E-state index is 12.8. The van der Waals surface area contributed by atoms with Crippen molar-refractivity contribution in [2.24, 2.45) is 0 Å². The monoisotopic (exact) mass is 311 g/mol. The number of halogens is 1. The minimum absolute atomic E-state index is 0.189. The van der Waals surface area contributed by atoms with E-state index in [0.717, 1.165) is 12.8 Å². The van der Waals surface area contributed by atoms with Crippen molar-refractivity contribution in [1.29, 1.82) is 0 Å². The second-order valence-corrected chi connectivity index (χ2v) is 5.00. The predicted octanol–water partition coefficient (Wildman–Crippen LogP) is 1.34. The number of benzene rings is 1. The first-order chi connectivity index (χ1) is 10.6. The minimum atomic E-state index is -1.25. The van der Waals surface area contributed by atoms with Gasteiger partial charge in [-0.1, -0.05) is 0 Å². The standard InChI is InChI=1S/C15H18FNO5/c16-10-4-6-11(7-5-10)22-13(15(19)20)9-17-14(18)12-3-1-2-8-21-12/h4-7,12-13H,1-3,8-9H2,(H,17,18)(H,19,20). The molecule has 0 saturated carbocycles. The maximum absolute atomic E-state index is 12.8. The summed E-state index contributed by atoms with van der Waals surface area (Å²) in [6.07, 6.45) is 0.677. The van der Waals surface area contributed by atoms with Gasteiger partial charge in [-0.15, -0.1) is 0 Å². The molecule has 0 aromatic heterocycles. The normalized spacial score (nSPS) is 19.2. The summed E-state index contributed by atoms with van der Waals surface area (Å²) in [7, 11) is 0. The summed E-state index contributed by atoms with van der Waals surface area (Å²) < 4.78 is 23.4. The highest BCUT2D eigenvalue weighted by molar-refractivity contribution is 5.82. The first kappa shape index (κ1) is 16.2. The number of carboxylic acid groups (broad SMARTS) is 1. The van der Waals surface area contributed by atoms with Crippen molar-refractivity contribution in [1.82, 2.24) is 5.32 Å². The molecule has 1 aromatic rings. The molecular weight excluding hydrogens is 293 g/mol. The average Bonchev–Trinajstić information content (AvgIpc) is 2.53. The fourth-order valence-corrected chi connectivity index (χ4v) is 2.11. The van der Waals surface area contributed by atoms with Gasteiger partial charge in [-0.05, 0) is 43.5 Å². The Labute approximate surface area is 127 Å². The fraction of sp³-hybridized carbons (Fsp3) is 0.467. The molecule has 1 saturated heterocycles. The molecule has 2 rings (SSSR count). The quantitative estimate of drug-likeness (QED) is 0.828. The first-order valence-electron chi connectivity index (χ1n) is 7.10. The van der Waals surface area contributed by atoms with Gasteiger partial charge in [0.05, 0.1) is 6.54 Å². The van der Waals surface area contributed by atoms with Crippen LogP contribution in [0.4, 0.5) is 4.39 Å². The van der Waals surface area contributed by atoms with E-state index in [4.69, 9.17) is 14.6 Å². The van der Waals surface area contributed by atoms with Crippen molar-refractivity contribution < 1.29 is 28.6 Å². The molecule has 1 aromatic carbocycles. The van der Waals surface area contributed by atoms with Crippen molar-refractivity contribution in [2.45, 2.75) is 31.5 Å². The van der Waals surface area contributed by atoms with E-state index in [9.17, 15) is 14.0 Å². The molecule has 1 amide bonds. The van der Waals surface area contributed by atoms with Crippen LogP contribution in [0.1, 0.15) is 19.3 Å². The first-order valence-corrected chi connectivity index (χ1v) is 7.10. The molecule has 6 nitrogen and oxygen atoms in total. The van der Waals surface area contributed by atoms with E-state index in [2.05, 4.69) is 5.32 Å². The Bertz CT molecular complexity index is 513. The molecule has 1 aliphatic rings. The second kappa shape index (κ2) is 7.74. The number of hydrogen-bond donors (Lipinski definition) is 2. The Morgan fingerprint density at radius 3 is 2.68 bits per heavy atom. The molecule has 0 bridgehead atoms. The summed E-state index contributed by atoms with van der Waals surface area (Å²) >= 11 is 0. The van der Waals surface area contributed by atoms with Gasteiger partial charge in [0, 0.05) is 6.61 Å². The summed E-state index contributed by atoms with van der Waals surface area (Å²) in [5, 5.41) is 11.7. The van der Waals surface area contributed by atoms with Crippen molar-refractivity contribution in [3.63, 3.8) is 0 Å². The lowest BCUT2D eigenvalue weighted by atomic mass is 10.1. The lowest BCUT2D eigenvalue weighted by molar-refractivity contribution is -0.145. The third kappa shape index (κ3) is 4.70. The van der Waals surface area contributed by atoms with Crippen molar-refractivity contribution in [2.75, 3.05) is 13.2 Å². The molecule has 1 aliphatic heterocycles. The molecule has 2 atom stereocenters. The highest BCUT2D eigenvalue weighted by atomic mass is 19.1. The third-order valence-electron chi connectivity index (χ3n) is 3.30. The maximum Gasteiger partial charge on any atom is 0.346 e. The van der Waals surface area contributed by atoms with Crippen LogP contribution in [0.5, 0.6) is 5.75 Å². The molecule has 7 heteroatoms. The van der Waals surface area contributed by atoms with Crippen LogP contribution in [0.2, 0.25) is 0 Å². The number of nitrogens with one attached hydrogen (secondary N) is 1. The molecule has 1 fully saturated rings. The summed E-state index contributed by atoms with van der Waals surface area (Å²) in [6, 6.07) is 5.00. The molecule has 0 spiro atoms. The van der Waals surface area contributed by atoms with Gasteiger partial charge in [0.15, 0.2) is 0 Å².